The van der Waals surface area contributed by atoms with E-state index in [1.165, 1.54) is 17.1 Å². The highest BCUT2D eigenvalue weighted by Gasteiger charge is 2.23. The summed E-state index contributed by atoms with van der Waals surface area (Å²) in [5.74, 6) is -0.535. The molecule has 1 N–H and O–H groups in total. The molecule has 6 heteroatoms. The zero-order valence-corrected chi connectivity index (χ0v) is 16.8. The predicted octanol–water partition coefficient (Wildman–Crippen LogP) is 4.06. The number of hydrogen-bond acceptors (Lipinski definition) is 3. The maximum Gasteiger partial charge on any atom is 0.243 e. The Bertz CT molecular complexity index is 879. The van der Waals surface area contributed by atoms with Gasteiger partial charge in [0.25, 0.3) is 0 Å². The molecule has 0 saturated heterocycles. The number of benzene rings is 2. The van der Waals surface area contributed by atoms with Crippen molar-refractivity contribution >= 4 is 17.5 Å². The molecule has 5 nitrogen and oxygen atoms in total. The van der Waals surface area contributed by atoms with E-state index in [4.69, 9.17) is 0 Å². The van der Waals surface area contributed by atoms with Gasteiger partial charge in [-0.05, 0) is 29.2 Å². The van der Waals surface area contributed by atoms with Crippen molar-refractivity contribution in [3.05, 3.63) is 71.5 Å². The second kappa shape index (κ2) is 9.45. The lowest BCUT2D eigenvalue weighted by Crippen LogP contribution is -2.33. The topological polar surface area (TPSA) is 61.8 Å². The Labute approximate surface area is 170 Å². The number of nitrogens with zero attached hydrogens (tertiary/aromatic N) is 2. The van der Waals surface area contributed by atoms with Gasteiger partial charge >= 0.3 is 0 Å². The summed E-state index contributed by atoms with van der Waals surface area (Å²) in [6.07, 6.45) is 0.906. The molecular weight excluding hydrogens is 369 g/mol. The van der Waals surface area contributed by atoms with Gasteiger partial charge < -0.3 is 5.32 Å². The van der Waals surface area contributed by atoms with Crippen molar-refractivity contribution in [2.45, 2.75) is 39.2 Å². The van der Waals surface area contributed by atoms with E-state index in [1.807, 2.05) is 44.2 Å². The van der Waals surface area contributed by atoms with Crippen LogP contribution in [0.15, 0.2) is 59.7 Å². The van der Waals surface area contributed by atoms with Crippen LogP contribution in [0.1, 0.15) is 50.3 Å². The molecule has 0 aliphatic carbocycles. The fourth-order valence-electron chi connectivity index (χ4n) is 3.37. The smallest absolute Gasteiger partial charge is 0.243 e. The predicted molar refractivity (Wildman–Crippen MR) is 111 cm³/mol. The molecule has 1 atom stereocenters. The highest BCUT2D eigenvalue weighted by atomic mass is 19.1. The second-order valence-electron chi connectivity index (χ2n) is 7.52. The molecule has 0 fully saturated rings. The number of carbonyl (C=O) groups is 2. The summed E-state index contributed by atoms with van der Waals surface area (Å²) < 4.78 is 13.2. The van der Waals surface area contributed by atoms with Gasteiger partial charge in [-0.15, -0.1) is 0 Å². The van der Waals surface area contributed by atoms with Gasteiger partial charge in [-0.25, -0.2) is 9.40 Å². The maximum atomic E-state index is 13.2. The van der Waals surface area contributed by atoms with Gasteiger partial charge in [0.05, 0.1) is 18.3 Å². The number of rotatable bonds is 7. The summed E-state index contributed by atoms with van der Waals surface area (Å²) in [5.41, 5.74) is 2.75. The minimum absolute atomic E-state index is 0.0932. The van der Waals surface area contributed by atoms with Gasteiger partial charge in [0, 0.05) is 19.3 Å². The van der Waals surface area contributed by atoms with Crippen LogP contribution in [-0.2, 0) is 9.59 Å². The monoisotopic (exact) mass is 395 g/mol. The molecule has 2 amide bonds. The molecule has 1 aliphatic heterocycles. The highest BCUT2D eigenvalue weighted by molar-refractivity contribution is 6.02. The van der Waals surface area contributed by atoms with Crippen LogP contribution < -0.4 is 5.32 Å². The Balaban J connectivity index is 1.54. The lowest BCUT2D eigenvalue weighted by molar-refractivity contribution is -0.133. The van der Waals surface area contributed by atoms with Gasteiger partial charge in [-0.3, -0.25) is 9.59 Å². The van der Waals surface area contributed by atoms with Crippen molar-refractivity contribution in [2.24, 2.45) is 11.0 Å². The van der Waals surface area contributed by atoms with Gasteiger partial charge in [-0.2, -0.15) is 5.10 Å². The first-order valence-corrected chi connectivity index (χ1v) is 9.92. The molecular formula is C23H26FN3O2. The van der Waals surface area contributed by atoms with E-state index in [-0.39, 0.29) is 42.4 Å². The average Bonchev–Trinajstić information content (AvgIpc) is 3.22. The summed E-state index contributed by atoms with van der Waals surface area (Å²) in [7, 11) is 0. The summed E-state index contributed by atoms with van der Waals surface area (Å²) in [4.78, 5) is 24.9. The van der Waals surface area contributed by atoms with Gasteiger partial charge in [0.15, 0.2) is 0 Å². The quantitative estimate of drug-likeness (QED) is 0.769. The third kappa shape index (κ3) is 5.50. The summed E-state index contributed by atoms with van der Waals surface area (Å²) in [5, 5.41) is 8.83. The van der Waals surface area contributed by atoms with Gasteiger partial charge in [0.1, 0.15) is 5.82 Å². The molecule has 1 aliphatic rings. The van der Waals surface area contributed by atoms with E-state index in [9.17, 15) is 14.0 Å². The number of halogens is 1. The van der Waals surface area contributed by atoms with Crippen molar-refractivity contribution in [3.8, 4) is 0 Å². The fraction of sp³-hybridized carbons (Fsp3) is 0.348. The van der Waals surface area contributed by atoms with Crippen LogP contribution in [0.4, 0.5) is 4.39 Å². The Morgan fingerprint density at radius 1 is 1.07 bits per heavy atom. The number of amides is 2. The Morgan fingerprint density at radius 3 is 2.41 bits per heavy atom. The number of nitrogens with one attached hydrogen (secondary N) is 1. The Morgan fingerprint density at radius 2 is 1.76 bits per heavy atom. The molecule has 0 aromatic heterocycles. The summed E-state index contributed by atoms with van der Waals surface area (Å²) >= 11 is 0. The molecule has 0 spiro atoms. The molecule has 0 bridgehead atoms. The second-order valence-corrected chi connectivity index (χ2v) is 7.52. The minimum atomic E-state index is -0.311. The maximum absolute atomic E-state index is 13.2. The zero-order chi connectivity index (χ0) is 20.8. The molecule has 2 aromatic carbocycles. The Hall–Kier alpha value is -3.02. The summed E-state index contributed by atoms with van der Waals surface area (Å²) in [6.45, 7) is 4.52. The van der Waals surface area contributed by atoms with E-state index in [2.05, 4.69) is 10.4 Å². The first kappa shape index (κ1) is 20.7. The van der Waals surface area contributed by atoms with Crippen molar-refractivity contribution in [1.82, 2.24) is 10.3 Å². The molecule has 1 heterocycles. The van der Waals surface area contributed by atoms with E-state index >= 15 is 0 Å². The third-order valence-corrected chi connectivity index (χ3v) is 4.97. The summed E-state index contributed by atoms with van der Waals surface area (Å²) in [6, 6.07) is 15.7. The molecule has 152 valence electrons. The van der Waals surface area contributed by atoms with Crippen LogP contribution >= 0.6 is 0 Å². The van der Waals surface area contributed by atoms with Crippen LogP contribution in [0.5, 0.6) is 0 Å². The zero-order valence-electron chi connectivity index (χ0n) is 16.8. The SMILES string of the molecule is CC(C)C(NC(=O)CCC(=O)N1CCC(c2ccccc2)=N1)c1ccc(F)cc1. The molecule has 3 rings (SSSR count). The number of hydrazone groups is 1. The minimum Gasteiger partial charge on any atom is -0.349 e. The highest BCUT2D eigenvalue weighted by Crippen LogP contribution is 2.22. The normalized spacial score (nSPS) is 14.6. The lowest BCUT2D eigenvalue weighted by Gasteiger charge is -2.23. The van der Waals surface area contributed by atoms with E-state index in [0.717, 1.165) is 16.8 Å². The van der Waals surface area contributed by atoms with Crippen LogP contribution in [-0.4, -0.2) is 29.1 Å². The fourth-order valence-corrected chi connectivity index (χ4v) is 3.37. The molecule has 2 aromatic rings. The van der Waals surface area contributed by atoms with E-state index in [0.29, 0.717) is 13.0 Å². The standard InChI is InChI=1S/C23H26FN3O2/c1-16(2)23(18-8-10-19(24)11-9-18)25-21(28)12-13-22(29)27-15-14-20(26-27)17-6-4-3-5-7-17/h3-11,16,23H,12-15H2,1-2H3,(H,25,28). The lowest BCUT2D eigenvalue weighted by atomic mass is 9.96. The van der Waals surface area contributed by atoms with Crippen LogP contribution in [0, 0.1) is 11.7 Å². The molecule has 29 heavy (non-hydrogen) atoms. The first-order valence-electron chi connectivity index (χ1n) is 9.92. The van der Waals surface area contributed by atoms with E-state index in [1.54, 1.807) is 12.1 Å². The average molecular weight is 395 g/mol. The van der Waals surface area contributed by atoms with Crippen molar-refractivity contribution in [2.75, 3.05) is 6.54 Å². The van der Waals surface area contributed by atoms with Crippen LogP contribution in [0.2, 0.25) is 0 Å². The largest absolute Gasteiger partial charge is 0.349 e. The third-order valence-electron chi connectivity index (χ3n) is 4.97. The first-order chi connectivity index (χ1) is 13.9. The van der Waals surface area contributed by atoms with Crippen molar-refractivity contribution < 1.29 is 14.0 Å². The molecule has 0 radical (unpaired) electrons. The van der Waals surface area contributed by atoms with E-state index < -0.39 is 0 Å². The van der Waals surface area contributed by atoms with Crippen LogP contribution in [0.3, 0.4) is 0 Å². The van der Waals surface area contributed by atoms with Crippen molar-refractivity contribution in [3.63, 3.8) is 0 Å². The number of hydrogen-bond donors (Lipinski definition) is 1. The van der Waals surface area contributed by atoms with Crippen LogP contribution in [0.25, 0.3) is 0 Å². The van der Waals surface area contributed by atoms with Gasteiger partial charge in [0.2, 0.25) is 11.8 Å². The Kier molecular flexibility index (Phi) is 6.75. The van der Waals surface area contributed by atoms with Gasteiger partial charge in [-0.1, -0.05) is 56.3 Å². The molecule has 0 saturated carbocycles. The molecule has 1 unspecified atom stereocenters. The van der Waals surface area contributed by atoms with Crippen molar-refractivity contribution in [1.29, 1.82) is 0 Å². The number of carbonyl (C=O) groups excluding carboxylic acids is 2.